The number of aromatic hydroxyl groups is 1. The molecular weight excluding hydrogens is 518 g/mol. The van der Waals surface area contributed by atoms with Crippen LogP contribution in [0.3, 0.4) is 0 Å². The van der Waals surface area contributed by atoms with Gasteiger partial charge in [-0.1, -0.05) is 42.8 Å². The second kappa shape index (κ2) is 10.6. The number of benzene rings is 4. The van der Waals surface area contributed by atoms with Crippen molar-refractivity contribution >= 4 is 55.5 Å². The van der Waals surface area contributed by atoms with Crippen LogP contribution in [0.15, 0.2) is 81.9 Å². The Hall–Kier alpha value is -3.99. The molecule has 9 nitrogen and oxygen atoms in total. The van der Waals surface area contributed by atoms with Gasteiger partial charge in [0.1, 0.15) is 22.0 Å². The maximum Gasteiger partial charge on any atom is 0.296 e. The van der Waals surface area contributed by atoms with E-state index in [9.17, 15) is 22.9 Å². The standard InChI is InChI=1S/C26H22ClN3O6S/c1-3-15-12-21(27)24(22(13-15)37(33,34)35)30-29-23-19-7-5-4-6-16(19)14-20(25(23)31)26(32)28-17-8-10-18(36-2)11-9-17/h4-14,31H,3H2,1-2H3,(H,28,32)(H,33,34,35). The molecule has 0 bridgehead atoms. The predicted molar refractivity (Wildman–Crippen MR) is 141 cm³/mol. The molecule has 0 radical (unpaired) electrons. The summed E-state index contributed by atoms with van der Waals surface area (Å²) in [6, 6.07) is 17.8. The molecule has 0 saturated heterocycles. The average molecular weight is 540 g/mol. The number of methoxy groups -OCH3 is 1. The van der Waals surface area contributed by atoms with Gasteiger partial charge in [-0.05, 0) is 59.8 Å². The van der Waals surface area contributed by atoms with Crippen LogP contribution >= 0.6 is 11.6 Å². The number of phenolic OH excluding ortho intramolecular Hbond substituents is 1. The van der Waals surface area contributed by atoms with Crippen molar-refractivity contribution in [1.82, 2.24) is 0 Å². The van der Waals surface area contributed by atoms with Crippen molar-refractivity contribution in [1.29, 1.82) is 0 Å². The minimum absolute atomic E-state index is 0.0482. The van der Waals surface area contributed by atoms with Crippen LogP contribution in [0.1, 0.15) is 22.8 Å². The quantitative estimate of drug-likeness (QED) is 0.177. The van der Waals surface area contributed by atoms with E-state index in [2.05, 4.69) is 15.5 Å². The van der Waals surface area contributed by atoms with Crippen LogP contribution in [0, 0.1) is 0 Å². The van der Waals surface area contributed by atoms with Gasteiger partial charge in [-0.3, -0.25) is 9.35 Å². The number of anilines is 1. The highest BCUT2D eigenvalue weighted by atomic mass is 35.5. The molecule has 0 aromatic heterocycles. The van der Waals surface area contributed by atoms with Crippen LogP contribution in [-0.2, 0) is 16.5 Å². The number of rotatable bonds is 7. The Bertz CT molecular complexity index is 1640. The van der Waals surface area contributed by atoms with Gasteiger partial charge in [-0.2, -0.15) is 8.42 Å². The van der Waals surface area contributed by atoms with Crippen molar-refractivity contribution in [3.63, 3.8) is 0 Å². The van der Waals surface area contributed by atoms with Crippen molar-refractivity contribution in [2.75, 3.05) is 12.4 Å². The Morgan fingerprint density at radius 1 is 1.03 bits per heavy atom. The molecule has 4 aromatic rings. The number of phenols is 1. The summed E-state index contributed by atoms with van der Waals surface area (Å²) in [6.07, 6.45) is 0.469. The molecule has 0 aliphatic carbocycles. The van der Waals surface area contributed by atoms with Gasteiger partial charge in [0.2, 0.25) is 0 Å². The summed E-state index contributed by atoms with van der Waals surface area (Å²) >= 11 is 6.27. The molecule has 0 heterocycles. The van der Waals surface area contributed by atoms with Gasteiger partial charge in [-0.15, -0.1) is 10.2 Å². The van der Waals surface area contributed by atoms with Gasteiger partial charge in [0, 0.05) is 11.1 Å². The molecule has 3 N–H and O–H groups in total. The lowest BCUT2D eigenvalue weighted by atomic mass is 10.0. The highest BCUT2D eigenvalue weighted by molar-refractivity contribution is 7.86. The van der Waals surface area contributed by atoms with Crippen LogP contribution in [-0.4, -0.2) is 31.1 Å². The van der Waals surface area contributed by atoms with Gasteiger partial charge in [-0.25, -0.2) is 0 Å². The Labute approximate surface area is 218 Å². The topological polar surface area (TPSA) is 138 Å². The van der Waals surface area contributed by atoms with Crippen LogP contribution in [0.5, 0.6) is 11.5 Å². The summed E-state index contributed by atoms with van der Waals surface area (Å²) in [4.78, 5) is 12.5. The van der Waals surface area contributed by atoms with E-state index in [0.717, 1.165) is 0 Å². The SMILES string of the molecule is CCc1cc(Cl)c(N=Nc2c(O)c(C(=O)Nc3ccc(OC)cc3)cc3ccccc23)c(S(=O)(=O)O)c1. The fourth-order valence-corrected chi connectivity index (χ4v) is 4.72. The molecule has 0 aliphatic rings. The molecule has 0 atom stereocenters. The highest BCUT2D eigenvalue weighted by Crippen LogP contribution is 2.41. The average Bonchev–Trinajstić information content (AvgIpc) is 2.88. The lowest BCUT2D eigenvalue weighted by Gasteiger charge is -2.12. The molecule has 1 amide bonds. The Morgan fingerprint density at radius 2 is 1.70 bits per heavy atom. The minimum atomic E-state index is -4.68. The number of nitrogens with zero attached hydrogens (tertiary/aromatic N) is 2. The van der Waals surface area contributed by atoms with E-state index < -0.39 is 26.7 Å². The number of hydrogen-bond donors (Lipinski definition) is 3. The van der Waals surface area contributed by atoms with E-state index in [1.165, 1.54) is 25.3 Å². The summed E-state index contributed by atoms with van der Waals surface area (Å²) in [7, 11) is -3.15. The van der Waals surface area contributed by atoms with Gasteiger partial charge >= 0.3 is 0 Å². The summed E-state index contributed by atoms with van der Waals surface area (Å²) in [5.41, 5.74) is 0.600. The number of carbonyl (C=O) groups is 1. The van der Waals surface area contributed by atoms with Crippen molar-refractivity contribution in [2.45, 2.75) is 18.2 Å². The Morgan fingerprint density at radius 3 is 2.35 bits per heavy atom. The van der Waals surface area contributed by atoms with E-state index in [1.807, 2.05) is 0 Å². The number of ether oxygens (including phenoxy) is 1. The number of hydrogen-bond acceptors (Lipinski definition) is 7. The first-order valence-corrected chi connectivity index (χ1v) is 12.9. The zero-order valence-corrected chi connectivity index (χ0v) is 21.3. The largest absolute Gasteiger partial charge is 0.505 e. The van der Waals surface area contributed by atoms with Crippen molar-refractivity contribution in [2.24, 2.45) is 10.2 Å². The normalized spacial score (nSPS) is 11.7. The van der Waals surface area contributed by atoms with Crippen LogP contribution in [0.2, 0.25) is 5.02 Å². The van der Waals surface area contributed by atoms with E-state index in [-0.39, 0.29) is 22.0 Å². The fourth-order valence-electron chi connectivity index (χ4n) is 3.69. The van der Waals surface area contributed by atoms with Crippen LogP contribution in [0.25, 0.3) is 10.8 Å². The molecule has 0 saturated carbocycles. The number of nitrogens with one attached hydrogen (secondary N) is 1. The third kappa shape index (κ3) is 5.56. The Kier molecular flexibility index (Phi) is 7.44. The molecule has 0 spiro atoms. The van der Waals surface area contributed by atoms with Gasteiger partial charge in [0.25, 0.3) is 16.0 Å². The zero-order chi connectivity index (χ0) is 26.7. The number of fused-ring (bicyclic) bond motifs is 1. The van der Waals surface area contributed by atoms with Gasteiger partial charge in [0.05, 0.1) is 17.7 Å². The fraction of sp³-hybridized carbons (Fsp3) is 0.115. The number of carbonyl (C=O) groups excluding carboxylic acids is 1. The van der Waals surface area contributed by atoms with E-state index in [4.69, 9.17) is 16.3 Å². The van der Waals surface area contributed by atoms with Crippen LogP contribution < -0.4 is 10.1 Å². The first-order chi connectivity index (χ1) is 17.6. The summed E-state index contributed by atoms with van der Waals surface area (Å²) in [6.45, 7) is 1.80. The lowest BCUT2D eigenvalue weighted by Crippen LogP contribution is -2.12. The lowest BCUT2D eigenvalue weighted by molar-refractivity contribution is 0.102. The maximum absolute atomic E-state index is 13.1. The van der Waals surface area contributed by atoms with Gasteiger partial charge < -0.3 is 15.2 Å². The first kappa shape index (κ1) is 26.1. The first-order valence-electron chi connectivity index (χ1n) is 11.0. The summed E-state index contributed by atoms with van der Waals surface area (Å²) < 4.78 is 38.9. The smallest absolute Gasteiger partial charge is 0.296 e. The molecule has 4 aromatic carbocycles. The monoisotopic (exact) mass is 539 g/mol. The third-order valence-corrected chi connectivity index (χ3v) is 6.77. The molecule has 0 unspecified atom stereocenters. The van der Waals surface area contributed by atoms with Crippen molar-refractivity contribution in [3.05, 3.63) is 82.9 Å². The molecule has 0 fully saturated rings. The van der Waals surface area contributed by atoms with Gasteiger partial charge in [0.15, 0.2) is 5.75 Å². The minimum Gasteiger partial charge on any atom is -0.505 e. The van der Waals surface area contributed by atoms with E-state index in [0.29, 0.717) is 34.2 Å². The number of halogens is 1. The van der Waals surface area contributed by atoms with Crippen molar-refractivity contribution in [3.8, 4) is 11.5 Å². The Balaban J connectivity index is 1.82. The third-order valence-electron chi connectivity index (χ3n) is 5.61. The van der Waals surface area contributed by atoms with Crippen molar-refractivity contribution < 1.29 is 27.6 Å². The zero-order valence-electron chi connectivity index (χ0n) is 19.8. The molecular formula is C26H22ClN3O6S. The second-order valence-electron chi connectivity index (χ2n) is 7.98. The second-order valence-corrected chi connectivity index (χ2v) is 9.78. The molecule has 11 heteroatoms. The molecule has 37 heavy (non-hydrogen) atoms. The van der Waals surface area contributed by atoms with E-state index in [1.54, 1.807) is 55.5 Å². The number of aryl methyl sites for hydroxylation is 1. The summed E-state index contributed by atoms with van der Waals surface area (Å²) in [5.74, 6) is -0.457. The predicted octanol–water partition coefficient (Wildman–Crippen LogP) is 6.68. The van der Waals surface area contributed by atoms with E-state index >= 15 is 0 Å². The summed E-state index contributed by atoms with van der Waals surface area (Å²) in [5, 5.41) is 22.8. The number of azo groups is 1. The molecule has 4 rings (SSSR count). The highest BCUT2D eigenvalue weighted by Gasteiger charge is 2.22. The molecule has 190 valence electrons. The molecule has 0 aliphatic heterocycles. The maximum atomic E-state index is 13.1. The number of amides is 1. The van der Waals surface area contributed by atoms with Crippen LogP contribution in [0.4, 0.5) is 17.1 Å².